The Bertz CT molecular complexity index is 400. The zero-order chi connectivity index (χ0) is 12.8. The Hall–Kier alpha value is -1.58. The van der Waals surface area contributed by atoms with Crippen LogP contribution in [0.15, 0.2) is 18.5 Å². The SMILES string of the molecule is CCCNC(=O)c1cncc(NC2CCCC2)c1. The normalized spacial score (nSPS) is 15.6. The fourth-order valence-electron chi connectivity index (χ4n) is 2.29. The van der Waals surface area contributed by atoms with Crippen molar-refractivity contribution >= 4 is 11.6 Å². The van der Waals surface area contributed by atoms with E-state index in [-0.39, 0.29) is 5.91 Å². The van der Waals surface area contributed by atoms with Gasteiger partial charge in [-0.3, -0.25) is 9.78 Å². The summed E-state index contributed by atoms with van der Waals surface area (Å²) in [5.41, 5.74) is 1.58. The zero-order valence-corrected chi connectivity index (χ0v) is 10.9. The highest BCUT2D eigenvalue weighted by Gasteiger charge is 2.15. The van der Waals surface area contributed by atoms with Crippen LogP contribution in [-0.2, 0) is 0 Å². The molecule has 4 heteroatoms. The maximum absolute atomic E-state index is 11.8. The summed E-state index contributed by atoms with van der Waals surface area (Å²) in [4.78, 5) is 15.9. The molecule has 1 heterocycles. The standard InChI is InChI=1S/C14H21N3O/c1-2-7-16-14(18)11-8-13(10-15-9-11)17-12-5-3-4-6-12/h8-10,12,17H,2-7H2,1H3,(H,16,18). The van der Waals surface area contributed by atoms with Gasteiger partial charge in [0.25, 0.3) is 5.91 Å². The third-order valence-electron chi connectivity index (χ3n) is 3.26. The van der Waals surface area contributed by atoms with Crippen LogP contribution in [0.2, 0.25) is 0 Å². The van der Waals surface area contributed by atoms with Gasteiger partial charge in [0.15, 0.2) is 0 Å². The van der Waals surface area contributed by atoms with Crippen LogP contribution in [0.4, 0.5) is 5.69 Å². The van der Waals surface area contributed by atoms with Crippen molar-refractivity contribution in [1.82, 2.24) is 10.3 Å². The van der Waals surface area contributed by atoms with Gasteiger partial charge in [-0.2, -0.15) is 0 Å². The van der Waals surface area contributed by atoms with E-state index in [1.165, 1.54) is 25.7 Å². The highest BCUT2D eigenvalue weighted by atomic mass is 16.1. The molecule has 0 aromatic carbocycles. The van der Waals surface area contributed by atoms with Gasteiger partial charge in [0, 0.05) is 25.0 Å². The summed E-state index contributed by atoms with van der Waals surface area (Å²) < 4.78 is 0. The number of pyridine rings is 1. The number of nitrogens with one attached hydrogen (secondary N) is 2. The Morgan fingerprint density at radius 2 is 2.17 bits per heavy atom. The maximum Gasteiger partial charge on any atom is 0.252 e. The third kappa shape index (κ3) is 3.45. The number of nitrogens with zero attached hydrogens (tertiary/aromatic N) is 1. The highest BCUT2D eigenvalue weighted by Crippen LogP contribution is 2.22. The topological polar surface area (TPSA) is 54.0 Å². The largest absolute Gasteiger partial charge is 0.381 e. The first-order valence-electron chi connectivity index (χ1n) is 6.79. The van der Waals surface area contributed by atoms with Gasteiger partial charge in [-0.1, -0.05) is 19.8 Å². The summed E-state index contributed by atoms with van der Waals surface area (Å²) in [6, 6.07) is 2.43. The van der Waals surface area contributed by atoms with Gasteiger partial charge < -0.3 is 10.6 Å². The fourth-order valence-corrected chi connectivity index (χ4v) is 2.29. The Morgan fingerprint density at radius 1 is 1.39 bits per heavy atom. The Kier molecular flexibility index (Phi) is 4.56. The average molecular weight is 247 g/mol. The molecule has 0 spiro atoms. The van der Waals surface area contributed by atoms with E-state index in [0.29, 0.717) is 18.2 Å². The molecule has 0 bridgehead atoms. The lowest BCUT2D eigenvalue weighted by molar-refractivity contribution is 0.0953. The predicted molar refractivity (Wildman–Crippen MR) is 72.7 cm³/mol. The zero-order valence-electron chi connectivity index (χ0n) is 10.9. The molecular weight excluding hydrogens is 226 g/mol. The smallest absolute Gasteiger partial charge is 0.252 e. The Labute approximate surface area is 108 Å². The molecule has 0 atom stereocenters. The number of anilines is 1. The Balaban J connectivity index is 1.97. The van der Waals surface area contributed by atoms with Crippen LogP contribution in [0.1, 0.15) is 49.4 Å². The number of rotatable bonds is 5. The van der Waals surface area contributed by atoms with E-state index in [9.17, 15) is 4.79 Å². The molecular formula is C14H21N3O. The van der Waals surface area contributed by atoms with Gasteiger partial charge in [0.2, 0.25) is 0 Å². The summed E-state index contributed by atoms with van der Waals surface area (Å²) >= 11 is 0. The molecule has 1 saturated carbocycles. The van der Waals surface area contributed by atoms with Gasteiger partial charge in [-0.25, -0.2) is 0 Å². The molecule has 1 aromatic rings. The van der Waals surface area contributed by atoms with Crippen molar-refractivity contribution in [2.75, 3.05) is 11.9 Å². The van der Waals surface area contributed by atoms with E-state index in [1.54, 1.807) is 12.4 Å². The van der Waals surface area contributed by atoms with Crippen molar-refractivity contribution in [2.45, 2.75) is 45.1 Å². The second-order valence-corrected chi connectivity index (χ2v) is 4.84. The number of hydrogen-bond acceptors (Lipinski definition) is 3. The lowest BCUT2D eigenvalue weighted by Gasteiger charge is -2.13. The second-order valence-electron chi connectivity index (χ2n) is 4.84. The van der Waals surface area contributed by atoms with Crippen molar-refractivity contribution in [3.63, 3.8) is 0 Å². The van der Waals surface area contributed by atoms with Crippen molar-refractivity contribution in [1.29, 1.82) is 0 Å². The number of amides is 1. The molecule has 2 rings (SSSR count). The van der Waals surface area contributed by atoms with Gasteiger partial charge >= 0.3 is 0 Å². The van der Waals surface area contributed by atoms with Crippen molar-refractivity contribution in [3.8, 4) is 0 Å². The highest BCUT2D eigenvalue weighted by molar-refractivity contribution is 5.94. The van der Waals surface area contributed by atoms with E-state index in [2.05, 4.69) is 15.6 Å². The lowest BCUT2D eigenvalue weighted by atomic mass is 10.2. The third-order valence-corrected chi connectivity index (χ3v) is 3.26. The average Bonchev–Trinajstić information content (AvgIpc) is 2.89. The summed E-state index contributed by atoms with van der Waals surface area (Å²) in [7, 11) is 0. The molecule has 4 nitrogen and oxygen atoms in total. The summed E-state index contributed by atoms with van der Waals surface area (Å²) in [5, 5.41) is 6.31. The molecule has 0 aliphatic heterocycles. The quantitative estimate of drug-likeness (QED) is 0.840. The van der Waals surface area contributed by atoms with Crippen molar-refractivity contribution < 1.29 is 4.79 Å². The molecule has 1 aliphatic rings. The van der Waals surface area contributed by atoms with E-state index in [1.807, 2.05) is 13.0 Å². The van der Waals surface area contributed by atoms with Crippen molar-refractivity contribution in [2.24, 2.45) is 0 Å². The molecule has 1 aliphatic carbocycles. The van der Waals surface area contributed by atoms with Gasteiger partial charge in [0.1, 0.15) is 0 Å². The number of carbonyl (C=O) groups excluding carboxylic acids is 1. The lowest BCUT2D eigenvalue weighted by Crippen LogP contribution is -2.24. The van der Waals surface area contributed by atoms with E-state index >= 15 is 0 Å². The first kappa shape index (κ1) is 12.9. The first-order valence-corrected chi connectivity index (χ1v) is 6.79. The van der Waals surface area contributed by atoms with Crippen LogP contribution in [0.25, 0.3) is 0 Å². The summed E-state index contributed by atoms with van der Waals surface area (Å²) in [6.45, 7) is 2.75. The van der Waals surface area contributed by atoms with Gasteiger partial charge in [0.05, 0.1) is 11.3 Å². The molecule has 0 unspecified atom stereocenters. The first-order chi connectivity index (χ1) is 8.79. The summed E-state index contributed by atoms with van der Waals surface area (Å²) in [5.74, 6) is -0.0422. The molecule has 1 amide bonds. The molecule has 2 N–H and O–H groups in total. The number of carbonyl (C=O) groups is 1. The van der Waals surface area contributed by atoms with E-state index < -0.39 is 0 Å². The molecule has 1 fully saturated rings. The molecule has 0 saturated heterocycles. The molecule has 98 valence electrons. The summed E-state index contributed by atoms with van der Waals surface area (Å²) in [6.07, 6.45) is 9.36. The van der Waals surface area contributed by atoms with Crippen LogP contribution in [0, 0.1) is 0 Å². The van der Waals surface area contributed by atoms with Crippen LogP contribution < -0.4 is 10.6 Å². The Morgan fingerprint density at radius 3 is 2.89 bits per heavy atom. The van der Waals surface area contributed by atoms with Crippen LogP contribution >= 0.6 is 0 Å². The van der Waals surface area contributed by atoms with Crippen LogP contribution in [0.3, 0.4) is 0 Å². The van der Waals surface area contributed by atoms with Crippen LogP contribution in [-0.4, -0.2) is 23.5 Å². The van der Waals surface area contributed by atoms with E-state index in [4.69, 9.17) is 0 Å². The molecule has 0 radical (unpaired) electrons. The predicted octanol–water partition coefficient (Wildman–Crippen LogP) is 2.58. The fraction of sp³-hybridized carbons (Fsp3) is 0.571. The second kappa shape index (κ2) is 6.38. The number of hydrogen-bond donors (Lipinski definition) is 2. The van der Waals surface area contributed by atoms with Gasteiger partial charge in [-0.15, -0.1) is 0 Å². The molecule has 18 heavy (non-hydrogen) atoms. The maximum atomic E-state index is 11.8. The monoisotopic (exact) mass is 247 g/mol. The van der Waals surface area contributed by atoms with E-state index in [0.717, 1.165) is 12.1 Å². The minimum Gasteiger partial charge on any atom is -0.381 e. The van der Waals surface area contributed by atoms with Crippen molar-refractivity contribution in [3.05, 3.63) is 24.0 Å². The minimum atomic E-state index is -0.0422. The number of aromatic nitrogens is 1. The minimum absolute atomic E-state index is 0.0422. The van der Waals surface area contributed by atoms with Crippen LogP contribution in [0.5, 0.6) is 0 Å². The van der Waals surface area contributed by atoms with Gasteiger partial charge in [-0.05, 0) is 25.3 Å². The molecule has 1 aromatic heterocycles.